The number of carbonyl (C=O) groups excluding carboxylic acids is 1. The van der Waals surface area contributed by atoms with Crippen LogP contribution in [0.2, 0.25) is 0 Å². The molecule has 2 heterocycles. The molecule has 2 aromatic rings. The minimum absolute atomic E-state index is 0.0920. The average molecular weight is 336 g/mol. The Hall–Kier alpha value is -2.56. The Morgan fingerprint density at radius 2 is 1.96 bits per heavy atom. The number of amides is 1. The maximum absolute atomic E-state index is 13.2. The quantitative estimate of drug-likeness (QED) is 0.885. The first-order chi connectivity index (χ1) is 12.1. The van der Waals surface area contributed by atoms with E-state index in [1.54, 1.807) is 0 Å². The van der Waals surface area contributed by atoms with Crippen LogP contribution in [-0.4, -0.2) is 33.9 Å². The molecule has 0 spiro atoms. The molecule has 3 N–H and O–H groups in total. The smallest absolute Gasteiger partial charge is 0.226 e. The third kappa shape index (κ3) is 2.95. The van der Waals surface area contributed by atoms with Crippen molar-refractivity contribution >= 4 is 23.5 Å². The molecule has 1 amide bonds. The molecular weight excluding hydrogens is 312 g/mol. The van der Waals surface area contributed by atoms with Gasteiger partial charge in [-0.3, -0.25) is 4.79 Å². The number of likely N-dealkylation sites (tertiary alicyclic amines) is 1. The van der Waals surface area contributed by atoms with Crippen molar-refractivity contribution in [1.82, 2.24) is 14.9 Å². The van der Waals surface area contributed by atoms with Crippen molar-refractivity contribution in [2.24, 2.45) is 11.8 Å². The number of hydrogen-bond acceptors (Lipinski definition) is 3. The van der Waals surface area contributed by atoms with Crippen LogP contribution in [0.15, 0.2) is 30.3 Å². The summed E-state index contributed by atoms with van der Waals surface area (Å²) >= 11 is 0. The zero-order valence-corrected chi connectivity index (χ0v) is 14.5. The highest BCUT2D eigenvalue weighted by Gasteiger charge is 2.35. The number of benzene rings is 1. The number of fused-ring (bicyclic) bond motifs is 1. The van der Waals surface area contributed by atoms with E-state index in [-0.39, 0.29) is 17.7 Å². The highest BCUT2D eigenvalue weighted by atomic mass is 16.2. The number of nitrogens with zero attached hydrogens (tertiary/aromatic N) is 2. The van der Waals surface area contributed by atoms with Gasteiger partial charge in [0.05, 0.1) is 11.6 Å². The Morgan fingerprint density at radius 3 is 2.68 bits per heavy atom. The first-order valence-corrected chi connectivity index (χ1v) is 9.03. The van der Waals surface area contributed by atoms with Crippen LogP contribution in [0.5, 0.6) is 0 Å². The van der Waals surface area contributed by atoms with Crippen molar-refractivity contribution in [3.05, 3.63) is 47.3 Å². The normalized spacial score (nSPS) is 23.1. The largest absolute Gasteiger partial charge is 0.369 e. The number of carbonyl (C=O) groups is 1. The Morgan fingerprint density at radius 1 is 1.24 bits per heavy atom. The highest BCUT2D eigenvalue weighted by Crippen LogP contribution is 2.38. The third-order valence-corrected chi connectivity index (χ3v) is 5.48. The van der Waals surface area contributed by atoms with Gasteiger partial charge in [0.1, 0.15) is 0 Å². The average Bonchev–Trinajstić information content (AvgIpc) is 3.24. The van der Waals surface area contributed by atoms with Crippen LogP contribution >= 0.6 is 0 Å². The van der Waals surface area contributed by atoms with Crippen LogP contribution < -0.4 is 5.73 Å². The molecular formula is C20H24N4O. The van der Waals surface area contributed by atoms with E-state index in [0.717, 1.165) is 48.5 Å². The number of nitrogens with two attached hydrogens (primary N) is 1. The molecule has 0 saturated carbocycles. The van der Waals surface area contributed by atoms with E-state index in [1.807, 2.05) is 23.1 Å². The molecule has 1 aliphatic heterocycles. The molecule has 2 aliphatic rings. The van der Waals surface area contributed by atoms with Gasteiger partial charge in [0.15, 0.2) is 5.95 Å². The zero-order valence-electron chi connectivity index (χ0n) is 14.5. The summed E-state index contributed by atoms with van der Waals surface area (Å²) in [6, 6.07) is 10.3. The van der Waals surface area contributed by atoms with Gasteiger partial charge in [0.25, 0.3) is 0 Å². The molecule has 1 aliphatic carbocycles. The molecule has 1 aromatic heterocycles. The van der Waals surface area contributed by atoms with Crippen molar-refractivity contribution in [2.45, 2.75) is 26.2 Å². The van der Waals surface area contributed by atoms with Gasteiger partial charge in [-0.2, -0.15) is 0 Å². The Bertz CT molecular complexity index is 802. The van der Waals surface area contributed by atoms with E-state index in [4.69, 9.17) is 5.73 Å². The molecule has 130 valence electrons. The second-order valence-electron chi connectivity index (χ2n) is 7.08. The number of nitrogens with one attached hydrogen (secondary N) is 1. The van der Waals surface area contributed by atoms with Gasteiger partial charge in [-0.25, -0.2) is 4.98 Å². The lowest BCUT2D eigenvalue weighted by Gasteiger charge is -2.28. The summed E-state index contributed by atoms with van der Waals surface area (Å²) in [5.74, 6) is 0.702. The molecule has 1 aromatic carbocycles. The lowest BCUT2D eigenvalue weighted by Crippen LogP contribution is -2.38. The summed E-state index contributed by atoms with van der Waals surface area (Å²) in [6.45, 7) is 3.92. The van der Waals surface area contributed by atoms with E-state index in [0.29, 0.717) is 12.4 Å². The second kappa shape index (κ2) is 6.39. The van der Waals surface area contributed by atoms with E-state index in [9.17, 15) is 4.79 Å². The lowest BCUT2D eigenvalue weighted by atomic mass is 9.82. The van der Waals surface area contributed by atoms with Crippen molar-refractivity contribution in [3.63, 3.8) is 0 Å². The van der Waals surface area contributed by atoms with Gasteiger partial charge in [0.2, 0.25) is 5.91 Å². The minimum Gasteiger partial charge on any atom is -0.369 e. The first kappa shape index (κ1) is 15.9. The number of H-pyrrole nitrogens is 1. The predicted molar refractivity (Wildman–Crippen MR) is 99.5 cm³/mol. The third-order valence-electron chi connectivity index (χ3n) is 5.48. The molecule has 5 nitrogen and oxygen atoms in total. The maximum atomic E-state index is 13.2. The zero-order chi connectivity index (χ0) is 17.4. The Kier molecular flexibility index (Phi) is 4.07. The molecule has 5 heteroatoms. The predicted octanol–water partition coefficient (Wildman–Crippen LogP) is 2.96. The summed E-state index contributed by atoms with van der Waals surface area (Å²) < 4.78 is 0. The fourth-order valence-corrected chi connectivity index (χ4v) is 4.06. The van der Waals surface area contributed by atoms with Crippen molar-refractivity contribution in [1.29, 1.82) is 0 Å². The van der Waals surface area contributed by atoms with E-state index >= 15 is 0 Å². The summed E-state index contributed by atoms with van der Waals surface area (Å²) in [5.41, 5.74) is 10.0. The van der Waals surface area contributed by atoms with Crippen LogP contribution in [0.3, 0.4) is 0 Å². The van der Waals surface area contributed by atoms with Gasteiger partial charge >= 0.3 is 0 Å². The van der Waals surface area contributed by atoms with Crippen LogP contribution in [0.1, 0.15) is 36.7 Å². The van der Waals surface area contributed by atoms with Crippen molar-refractivity contribution in [3.8, 4) is 0 Å². The maximum Gasteiger partial charge on any atom is 0.226 e. The number of hydrogen-bond donors (Lipinski definition) is 2. The van der Waals surface area contributed by atoms with Gasteiger partial charge in [-0.15, -0.1) is 0 Å². The van der Waals surface area contributed by atoms with Gasteiger partial charge in [0, 0.05) is 25.2 Å². The van der Waals surface area contributed by atoms with Gasteiger partial charge in [-0.05, 0) is 36.0 Å². The Balaban J connectivity index is 1.77. The molecule has 1 saturated heterocycles. The number of rotatable bonds is 2. The number of aromatic nitrogens is 2. The van der Waals surface area contributed by atoms with Crippen molar-refractivity contribution in [2.75, 3.05) is 18.8 Å². The molecule has 1 fully saturated rings. The number of nitrogen functional groups attached to an aromatic ring is 1. The molecule has 0 unspecified atom stereocenters. The summed E-state index contributed by atoms with van der Waals surface area (Å²) in [7, 11) is 0. The molecule has 2 atom stereocenters. The SMILES string of the molecule is C[C@@H]1C(c2ccccc2)=Cc2nc(N)[nH]c2C[C@@H]1C(=O)N1CCCC1. The summed E-state index contributed by atoms with van der Waals surface area (Å²) in [6.07, 6.45) is 4.97. The topological polar surface area (TPSA) is 75.0 Å². The molecule has 0 radical (unpaired) electrons. The number of aromatic amines is 1. The van der Waals surface area contributed by atoms with Crippen LogP contribution in [0.25, 0.3) is 11.6 Å². The fraction of sp³-hybridized carbons (Fsp3) is 0.400. The van der Waals surface area contributed by atoms with Crippen LogP contribution in [-0.2, 0) is 11.2 Å². The minimum atomic E-state index is -0.0920. The monoisotopic (exact) mass is 336 g/mol. The van der Waals surface area contributed by atoms with E-state index < -0.39 is 0 Å². The molecule has 25 heavy (non-hydrogen) atoms. The Labute approximate surface area is 147 Å². The van der Waals surface area contributed by atoms with Gasteiger partial charge < -0.3 is 15.6 Å². The number of imidazole rings is 1. The van der Waals surface area contributed by atoms with E-state index in [2.05, 4.69) is 35.1 Å². The summed E-state index contributed by atoms with van der Waals surface area (Å²) in [4.78, 5) is 22.8. The van der Waals surface area contributed by atoms with Crippen LogP contribution in [0.4, 0.5) is 5.95 Å². The first-order valence-electron chi connectivity index (χ1n) is 9.03. The summed E-state index contributed by atoms with van der Waals surface area (Å²) in [5, 5.41) is 0. The molecule has 4 rings (SSSR count). The van der Waals surface area contributed by atoms with Gasteiger partial charge in [-0.1, -0.05) is 37.3 Å². The lowest BCUT2D eigenvalue weighted by molar-refractivity contribution is -0.135. The van der Waals surface area contributed by atoms with Crippen LogP contribution in [0, 0.1) is 11.8 Å². The standard InChI is InChI=1S/C20H24N4O/c1-13-15(14-7-3-2-4-8-14)11-17-18(23-20(21)22-17)12-16(13)19(25)24-9-5-6-10-24/h2-4,7-8,11,13,16H,5-6,9-10,12H2,1H3,(H3,21,22,23)/t13-,16+/m1/s1. The number of anilines is 1. The van der Waals surface area contributed by atoms with E-state index in [1.165, 1.54) is 0 Å². The fourth-order valence-electron chi connectivity index (χ4n) is 4.06. The highest BCUT2D eigenvalue weighted by molar-refractivity contribution is 5.89. The second-order valence-corrected chi connectivity index (χ2v) is 7.08. The van der Waals surface area contributed by atoms with Crippen molar-refractivity contribution < 1.29 is 4.79 Å². The number of allylic oxidation sites excluding steroid dienone is 1. The molecule has 0 bridgehead atoms.